The van der Waals surface area contributed by atoms with E-state index in [0.29, 0.717) is 30.0 Å². The molecule has 38 heavy (non-hydrogen) atoms. The molecule has 13 nitrogen and oxygen atoms in total. The molecule has 3 aromatic rings. The summed E-state index contributed by atoms with van der Waals surface area (Å²) in [4.78, 5) is 38.0. The van der Waals surface area contributed by atoms with Gasteiger partial charge in [-0.1, -0.05) is 0 Å². The number of aryl methyl sites for hydroxylation is 2. The van der Waals surface area contributed by atoms with Crippen LogP contribution in [0.1, 0.15) is 72.1 Å². The zero-order valence-corrected chi connectivity index (χ0v) is 21.7. The number of amides is 2. The van der Waals surface area contributed by atoms with Crippen molar-refractivity contribution >= 4 is 28.9 Å². The van der Waals surface area contributed by atoms with Gasteiger partial charge in [0.15, 0.2) is 0 Å². The Morgan fingerprint density at radius 3 is 2.21 bits per heavy atom. The summed E-state index contributed by atoms with van der Waals surface area (Å²) in [7, 11) is 1.77. The number of rotatable bonds is 7. The van der Waals surface area contributed by atoms with Crippen LogP contribution in [0.15, 0.2) is 18.6 Å². The van der Waals surface area contributed by atoms with E-state index in [1.54, 1.807) is 22.6 Å². The third kappa shape index (κ3) is 3.87. The number of anilines is 2. The highest BCUT2D eigenvalue weighted by molar-refractivity contribution is 6.12. The van der Waals surface area contributed by atoms with Gasteiger partial charge >= 0.3 is 5.69 Å². The lowest BCUT2D eigenvalue weighted by Crippen LogP contribution is -2.52. The normalized spacial score (nSPS) is 25.5. The minimum Gasteiger partial charge on any atom is -0.318 e. The molecule has 200 valence electrons. The number of aromatic nitrogens is 6. The molecule has 13 heteroatoms. The molecule has 3 aromatic heterocycles. The van der Waals surface area contributed by atoms with E-state index in [2.05, 4.69) is 25.9 Å². The first-order valence-electron chi connectivity index (χ1n) is 13.1. The fourth-order valence-corrected chi connectivity index (χ4v) is 7.19. The van der Waals surface area contributed by atoms with Crippen LogP contribution in [-0.4, -0.2) is 46.1 Å². The van der Waals surface area contributed by atoms with Gasteiger partial charge in [-0.25, -0.2) is 0 Å². The molecule has 0 aliphatic heterocycles. The lowest BCUT2D eigenvalue weighted by atomic mass is 9.53. The monoisotopic (exact) mass is 521 g/mol. The van der Waals surface area contributed by atoms with E-state index in [1.807, 2.05) is 13.8 Å². The zero-order valence-electron chi connectivity index (χ0n) is 21.7. The number of carbonyl (C=O) groups excluding carboxylic acids is 2. The van der Waals surface area contributed by atoms with Gasteiger partial charge in [0.1, 0.15) is 11.9 Å². The summed E-state index contributed by atoms with van der Waals surface area (Å²) < 4.78 is 4.80. The molecule has 4 aliphatic rings. The smallest absolute Gasteiger partial charge is 0.318 e. The summed E-state index contributed by atoms with van der Waals surface area (Å²) >= 11 is 0. The van der Waals surface area contributed by atoms with Gasteiger partial charge in [-0.2, -0.15) is 15.3 Å². The lowest BCUT2D eigenvalue weighted by molar-refractivity contribution is -0.385. The fourth-order valence-electron chi connectivity index (χ4n) is 7.19. The predicted molar refractivity (Wildman–Crippen MR) is 137 cm³/mol. The first kappa shape index (κ1) is 24.3. The summed E-state index contributed by atoms with van der Waals surface area (Å²) in [5.74, 6) is 0.621. The fraction of sp³-hybridized carbons (Fsp3) is 0.560. The first-order valence-corrected chi connectivity index (χ1v) is 13.1. The van der Waals surface area contributed by atoms with Crippen LogP contribution < -0.4 is 10.6 Å². The molecule has 0 atom stereocenters. The van der Waals surface area contributed by atoms with Crippen LogP contribution in [0.3, 0.4) is 0 Å². The van der Waals surface area contributed by atoms with E-state index >= 15 is 0 Å². The second kappa shape index (κ2) is 8.77. The van der Waals surface area contributed by atoms with Gasteiger partial charge < -0.3 is 10.6 Å². The van der Waals surface area contributed by atoms with E-state index in [4.69, 9.17) is 0 Å². The molecule has 4 bridgehead atoms. The van der Waals surface area contributed by atoms with Crippen LogP contribution in [0.25, 0.3) is 0 Å². The zero-order chi connectivity index (χ0) is 26.8. The third-order valence-corrected chi connectivity index (χ3v) is 8.68. The maximum Gasteiger partial charge on any atom is 0.320 e. The first-order chi connectivity index (χ1) is 18.2. The molecular weight excluding hydrogens is 490 g/mol. The summed E-state index contributed by atoms with van der Waals surface area (Å²) in [5.41, 5.74) is 0.711. The SMILES string of the molecule is CCn1ncc(NC(=O)c2nn(C34CC5CC(CC(C5)C3)C4)cc2[N+](=O)[O-])c1C(=O)Nc1cnn(C)c1C. The highest BCUT2D eigenvalue weighted by Crippen LogP contribution is 2.58. The molecule has 2 amide bonds. The average molecular weight is 522 g/mol. The molecule has 2 N–H and O–H groups in total. The largest absolute Gasteiger partial charge is 0.320 e. The Morgan fingerprint density at radius 1 is 1.05 bits per heavy atom. The van der Waals surface area contributed by atoms with Gasteiger partial charge in [-0.3, -0.25) is 33.7 Å². The van der Waals surface area contributed by atoms with Gasteiger partial charge in [-0.05, 0) is 70.1 Å². The van der Waals surface area contributed by atoms with Crippen molar-refractivity contribution in [3.8, 4) is 0 Å². The van der Waals surface area contributed by atoms with Crippen LogP contribution in [-0.2, 0) is 19.1 Å². The Balaban J connectivity index is 1.29. The van der Waals surface area contributed by atoms with Crippen LogP contribution in [0.2, 0.25) is 0 Å². The Bertz CT molecular complexity index is 1410. The molecule has 4 fully saturated rings. The summed E-state index contributed by atoms with van der Waals surface area (Å²) in [5, 5.41) is 30.3. The minimum atomic E-state index is -0.748. The van der Waals surface area contributed by atoms with Crippen LogP contribution in [0.5, 0.6) is 0 Å². The van der Waals surface area contributed by atoms with E-state index in [0.717, 1.165) is 25.0 Å². The standard InChI is InChI=1S/C25H31N9O4/c1-4-32-22(24(36)28-18-11-26-31(3)14(18)2)19(12-27-32)29-23(35)21-20(34(37)38)13-33(30-21)25-8-15-5-16(9-25)7-17(6-15)10-25/h11-13,15-17H,4-10H2,1-3H3,(H,28,36)(H,29,35). The Hall–Kier alpha value is -4.03. The van der Waals surface area contributed by atoms with Crippen molar-refractivity contribution in [2.75, 3.05) is 10.6 Å². The summed E-state index contributed by atoms with van der Waals surface area (Å²) in [6, 6.07) is 0. The third-order valence-electron chi connectivity index (χ3n) is 8.68. The molecule has 0 saturated heterocycles. The van der Waals surface area contributed by atoms with E-state index in [9.17, 15) is 19.7 Å². The lowest BCUT2D eigenvalue weighted by Gasteiger charge is -2.56. The topological polar surface area (TPSA) is 155 Å². The number of carbonyl (C=O) groups is 2. The van der Waals surface area contributed by atoms with E-state index < -0.39 is 16.7 Å². The van der Waals surface area contributed by atoms with Crippen molar-refractivity contribution < 1.29 is 14.5 Å². The van der Waals surface area contributed by atoms with Crippen molar-refractivity contribution in [3.05, 3.63) is 45.8 Å². The molecule has 0 radical (unpaired) electrons. The number of nitrogens with one attached hydrogen (secondary N) is 2. The van der Waals surface area contributed by atoms with Gasteiger partial charge in [0, 0.05) is 13.6 Å². The molecule has 0 unspecified atom stereocenters. The summed E-state index contributed by atoms with van der Waals surface area (Å²) in [6.07, 6.45) is 10.8. The van der Waals surface area contributed by atoms with Crippen molar-refractivity contribution in [2.45, 2.75) is 64.5 Å². The van der Waals surface area contributed by atoms with Gasteiger partial charge in [0.05, 0.1) is 39.9 Å². The number of hydrogen-bond donors (Lipinski definition) is 2. The van der Waals surface area contributed by atoms with E-state index in [1.165, 1.54) is 36.3 Å². The van der Waals surface area contributed by atoms with Gasteiger partial charge in [0.2, 0.25) is 5.69 Å². The maximum atomic E-state index is 13.4. The predicted octanol–water partition coefficient (Wildman–Crippen LogP) is 3.48. The molecule has 4 saturated carbocycles. The summed E-state index contributed by atoms with van der Waals surface area (Å²) in [6.45, 7) is 4.02. The maximum absolute atomic E-state index is 13.4. The quantitative estimate of drug-likeness (QED) is 0.356. The number of nitrogens with zero attached hydrogens (tertiary/aromatic N) is 7. The molecule has 0 aromatic carbocycles. The highest BCUT2D eigenvalue weighted by atomic mass is 16.6. The molecule has 7 rings (SSSR count). The highest BCUT2D eigenvalue weighted by Gasteiger charge is 2.53. The molecule has 4 aliphatic carbocycles. The second-order valence-corrected chi connectivity index (χ2v) is 11.1. The Morgan fingerprint density at radius 2 is 1.66 bits per heavy atom. The minimum absolute atomic E-state index is 0.132. The molecule has 0 spiro atoms. The van der Waals surface area contributed by atoms with Crippen molar-refractivity contribution in [1.82, 2.24) is 29.3 Å². The number of hydrogen-bond acceptors (Lipinski definition) is 7. The van der Waals surface area contributed by atoms with Crippen molar-refractivity contribution in [2.24, 2.45) is 24.8 Å². The van der Waals surface area contributed by atoms with E-state index in [-0.39, 0.29) is 28.3 Å². The number of nitro groups is 1. The van der Waals surface area contributed by atoms with Gasteiger partial charge in [-0.15, -0.1) is 0 Å². The van der Waals surface area contributed by atoms with Crippen LogP contribution in [0.4, 0.5) is 17.1 Å². The molecule has 3 heterocycles. The van der Waals surface area contributed by atoms with Crippen molar-refractivity contribution in [3.63, 3.8) is 0 Å². The average Bonchev–Trinajstić information content (AvgIpc) is 3.57. The van der Waals surface area contributed by atoms with Crippen LogP contribution >= 0.6 is 0 Å². The van der Waals surface area contributed by atoms with Gasteiger partial charge in [0.25, 0.3) is 11.8 Å². The van der Waals surface area contributed by atoms with Crippen LogP contribution in [0, 0.1) is 34.8 Å². The van der Waals surface area contributed by atoms with Crippen molar-refractivity contribution in [1.29, 1.82) is 0 Å². The molecular formula is C25H31N9O4. The Labute approximate surface area is 218 Å². The Kier molecular flexibility index (Phi) is 5.61. The second-order valence-electron chi connectivity index (χ2n) is 11.1.